The Morgan fingerprint density at radius 2 is 2.00 bits per heavy atom. The van der Waals surface area contributed by atoms with E-state index in [1.807, 2.05) is 49.4 Å². The summed E-state index contributed by atoms with van der Waals surface area (Å²) >= 11 is 0. The number of fused-ring (bicyclic) bond motifs is 1. The molecule has 0 spiro atoms. The van der Waals surface area contributed by atoms with Crippen molar-refractivity contribution in [2.24, 2.45) is 4.99 Å². The van der Waals surface area contributed by atoms with Gasteiger partial charge in [-0.25, -0.2) is 4.99 Å². The highest BCUT2D eigenvalue weighted by Gasteiger charge is 2.24. The quantitative estimate of drug-likeness (QED) is 0.364. The molecule has 0 saturated carbocycles. The van der Waals surface area contributed by atoms with Gasteiger partial charge in [0.1, 0.15) is 17.2 Å². The molecule has 1 heterocycles. The third-order valence-corrected chi connectivity index (χ3v) is 4.91. The number of amides is 1. The molecule has 1 aliphatic rings. The first kappa shape index (κ1) is 22.3. The van der Waals surface area contributed by atoms with E-state index < -0.39 is 0 Å². The van der Waals surface area contributed by atoms with E-state index in [2.05, 4.69) is 15.6 Å². The van der Waals surface area contributed by atoms with Crippen LogP contribution in [-0.4, -0.2) is 52.3 Å². The van der Waals surface area contributed by atoms with E-state index in [9.17, 15) is 4.79 Å². The van der Waals surface area contributed by atoms with Crippen molar-refractivity contribution < 1.29 is 19.0 Å². The molecule has 166 valence electrons. The lowest BCUT2D eigenvalue weighted by Crippen LogP contribution is -2.42. The summed E-state index contributed by atoms with van der Waals surface area (Å²) < 4.78 is 16.2. The van der Waals surface area contributed by atoms with Gasteiger partial charge in [0.25, 0.3) is 5.91 Å². The number of benzene rings is 2. The lowest BCUT2D eigenvalue weighted by atomic mass is 10.2. The minimum atomic E-state index is -0.0223. The standard InChI is InChI=1S/C23H30N4O4/c1-4-24-23(26-15-17-10-11-18(29-2)14-21(17)30-3)25-12-7-13-27-19-8-5-6-9-20(19)31-16-22(27)28/h5-6,8-11,14H,4,7,12-13,15-16H2,1-3H3,(H2,24,25,26). The molecule has 0 radical (unpaired) electrons. The summed E-state index contributed by atoms with van der Waals surface area (Å²) in [5, 5.41) is 6.58. The van der Waals surface area contributed by atoms with Crippen LogP contribution < -0.4 is 29.7 Å². The molecule has 31 heavy (non-hydrogen) atoms. The van der Waals surface area contributed by atoms with Crippen LogP contribution >= 0.6 is 0 Å². The molecule has 1 aliphatic heterocycles. The summed E-state index contributed by atoms with van der Waals surface area (Å²) in [6.45, 7) is 4.61. The van der Waals surface area contributed by atoms with Gasteiger partial charge in [0.05, 0.1) is 26.5 Å². The van der Waals surface area contributed by atoms with Gasteiger partial charge in [-0.05, 0) is 37.6 Å². The van der Waals surface area contributed by atoms with Crippen molar-refractivity contribution in [2.75, 3.05) is 45.4 Å². The monoisotopic (exact) mass is 426 g/mol. The number of anilines is 1. The molecular formula is C23H30N4O4. The predicted molar refractivity (Wildman–Crippen MR) is 121 cm³/mol. The van der Waals surface area contributed by atoms with Crippen LogP contribution in [0.1, 0.15) is 18.9 Å². The van der Waals surface area contributed by atoms with Crippen molar-refractivity contribution in [3.05, 3.63) is 48.0 Å². The molecular weight excluding hydrogens is 396 g/mol. The second-order valence-electron chi connectivity index (χ2n) is 6.96. The summed E-state index contributed by atoms with van der Waals surface area (Å²) in [6, 6.07) is 13.3. The fourth-order valence-electron chi connectivity index (χ4n) is 3.33. The highest BCUT2D eigenvalue weighted by molar-refractivity contribution is 5.97. The number of carbonyl (C=O) groups excluding carboxylic acids is 1. The van der Waals surface area contributed by atoms with Crippen molar-refractivity contribution in [1.29, 1.82) is 0 Å². The third-order valence-electron chi connectivity index (χ3n) is 4.91. The Labute approximate surface area is 183 Å². The van der Waals surface area contributed by atoms with E-state index in [-0.39, 0.29) is 12.5 Å². The zero-order valence-electron chi connectivity index (χ0n) is 18.3. The number of nitrogens with zero attached hydrogens (tertiary/aromatic N) is 2. The number of nitrogens with one attached hydrogen (secondary N) is 2. The second-order valence-corrected chi connectivity index (χ2v) is 6.96. The third kappa shape index (κ3) is 5.81. The molecule has 0 saturated heterocycles. The van der Waals surface area contributed by atoms with Crippen molar-refractivity contribution in [3.8, 4) is 17.2 Å². The molecule has 3 rings (SSSR count). The SMILES string of the molecule is CCNC(=NCc1ccc(OC)cc1OC)NCCCN1C(=O)COc2ccccc21. The fourth-order valence-corrected chi connectivity index (χ4v) is 3.33. The number of methoxy groups -OCH3 is 2. The van der Waals surface area contributed by atoms with Crippen molar-refractivity contribution in [3.63, 3.8) is 0 Å². The Morgan fingerprint density at radius 3 is 2.77 bits per heavy atom. The molecule has 2 aromatic rings. The topological polar surface area (TPSA) is 84.4 Å². The highest BCUT2D eigenvalue weighted by Crippen LogP contribution is 2.31. The van der Waals surface area contributed by atoms with E-state index in [0.29, 0.717) is 25.6 Å². The van der Waals surface area contributed by atoms with E-state index >= 15 is 0 Å². The summed E-state index contributed by atoms with van der Waals surface area (Å²) in [7, 11) is 3.26. The van der Waals surface area contributed by atoms with Crippen LogP contribution in [0.15, 0.2) is 47.5 Å². The molecule has 0 aromatic heterocycles. The van der Waals surface area contributed by atoms with Gasteiger partial charge in [0, 0.05) is 31.3 Å². The molecule has 8 nitrogen and oxygen atoms in total. The first-order valence-corrected chi connectivity index (χ1v) is 10.4. The van der Waals surface area contributed by atoms with Gasteiger partial charge < -0.3 is 29.7 Å². The van der Waals surface area contributed by atoms with Gasteiger partial charge in [-0.3, -0.25) is 4.79 Å². The first-order chi connectivity index (χ1) is 15.2. The fraction of sp³-hybridized carbons (Fsp3) is 0.391. The minimum Gasteiger partial charge on any atom is -0.497 e. The number of hydrogen-bond donors (Lipinski definition) is 2. The number of para-hydroxylation sites is 2. The average molecular weight is 427 g/mol. The van der Waals surface area contributed by atoms with Crippen LogP contribution in [0.4, 0.5) is 5.69 Å². The summed E-state index contributed by atoms with van der Waals surface area (Å²) in [6.07, 6.45) is 0.774. The average Bonchev–Trinajstić information content (AvgIpc) is 2.81. The molecule has 0 atom stereocenters. The zero-order chi connectivity index (χ0) is 22.1. The van der Waals surface area contributed by atoms with Gasteiger partial charge >= 0.3 is 0 Å². The smallest absolute Gasteiger partial charge is 0.265 e. The van der Waals surface area contributed by atoms with Crippen molar-refractivity contribution >= 4 is 17.6 Å². The van der Waals surface area contributed by atoms with E-state index in [1.54, 1.807) is 19.1 Å². The maximum atomic E-state index is 12.3. The molecule has 0 unspecified atom stereocenters. The lowest BCUT2D eigenvalue weighted by molar-refractivity contribution is -0.121. The lowest BCUT2D eigenvalue weighted by Gasteiger charge is -2.29. The largest absolute Gasteiger partial charge is 0.497 e. The number of rotatable bonds is 9. The van der Waals surface area contributed by atoms with Crippen LogP contribution in [0.3, 0.4) is 0 Å². The molecule has 0 bridgehead atoms. The van der Waals surface area contributed by atoms with Gasteiger partial charge in [0.2, 0.25) is 0 Å². The van der Waals surface area contributed by atoms with Crippen LogP contribution in [0.5, 0.6) is 17.2 Å². The number of guanidine groups is 1. The maximum absolute atomic E-state index is 12.3. The Bertz CT molecular complexity index is 916. The van der Waals surface area contributed by atoms with E-state index in [0.717, 1.165) is 41.5 Å². The van der Waals surface area contributed by atoms with Gasteiger partial charge in [-0.1, -0.05) is 12.1 Å². The maximum Gasteiger partial charge on any atom is 0.265 e. The second kappa shape index (κ2) is 11.1. The number of carbonyl (C=O) groups is 1. The number of hydrogen-bond acceptors (Lipinski definition) is 5. The van der Waals surface area contributed by atoms with Gasteiger partial charge in [-0.2, -0.15) is 0 Å². The summed E-state index contributed by atoms with van der Waals surface area (Å²) in [5.41, 5.74) is 1.79. The van der Waals surface area contributed by atoms with E-state index in [1.165, 1.54) is 0 Å². The van der Waals surface area contributed by atoms with Crippen LogP contribution in [0.2, 0.25) is 0 Å². The molecule has 2 N–H and O–H groups in total. The molecule has 8 heteroatoms. The molecule has 2 aromatic carbocycles. The highest BCUT2D eigenvalue weighted by atomic mass is 16.5. The van der Waals surface area contributed by atoms with Crippen LogP contribution in [0.25, 0.3) is 0 Å². The summed E-state index contributed by atoms with van der Waals surface area (Å²) in [4.78, 5) is 18.7. The van der Waals surface area contributed by atoms with Crippen molar-refractivity contribution in [1.82, 2.24) is 10.6 Å². The number of aliphatic imine (C=N–C) groups is 1. The Balaban J connectivity index is 1.56. The number of ether oxygens (including phenoxy) is 3. The Morgan fingerprint density at radius 1 is 1.16 bits per heavy atom. The minimum absolute atomic E-state index is 0.0223. The van der Waals surface area contributed by atoms with E-state index in [4.69, 9.17) is 14.2 Å². The summed E-state index contributed by atoms with van der Waals surface area (Å²) in [5.74, 6) is 2.93. The van der Waals surface area contributed by atoms with Crippen LogP contribution in [-0.2, 0) is 11.3 Å². The normalized spacial score (nSPS) is 13.3. The molecule has 0 fully saturated rings. The van der Waals surface area contributed by atoms with Crippen molar-refractivity contribution in [2.45, 2.75) is 19.9 Å². The van der Waals surface area contributed by atoms with Gasteiger partial charge in [0.15, 0.2) is 12.6 Å². The predicted octanol–water partition coefficient (Wildman–Crippen LogP) is 2.57. The Kier molecular flexibility index (Phi) is 7.98. The zero-order valence-corrected chi connectivity index (χ0v) is 18.3. The van der Waals surface area contributed by atoms with Gasteiger partial charge in [-0.15, -0.1) is 0 Å². The Hall–Kier alpha value is -3.42. The molecule has 1 amide bonds. The first-order valence-electron chi connectivity index (χ1n) is 10.4. The van der Waals surface area contributed by atoms with Crippen LogP contribution in [0, 0.1) is 0 Å². The molecule has 0 aliphatic carbocycles.